The van der Waals surface area contributed by atoms with Gasteiger partial charge in [-0.25, -0.2) is 0 Å². The van der Waals surface area contributed by atoms with Crippen molar-refractivity contribution in [3.8, 4) is 0 Å². The van der Waals surface area contributed by atoms with E-state index in [0.29, 0.717) is 11.3 Å². The Hall–Kier alpha value is 0.270. The zero-order valence-electron chi connectivity index (χ0n) is 7.92. The van der Waals surface area contributed by atoms with Gasteiger partial charge in [0, 0.05) is 17.8 Å². The van der Waals surface area contributed by atoms with E-state index in [-0.39, 0.29) is 6.10 Å². The van der Waals surface area contributed by atoms with Crippen LogP contribution < -0.4 is 5.32 Å². The molecule has 1 fully saturated rings. The third-order valence-corrected chi connectivity index (χ3v) is 3.52. The van der Waals surface area contributed by atoms with Crippen LogP contribution in [0.5, 0.6) is 0 Å². The Morgan fingerprint density at radius 2 is 2.33 bits per heavy atom. The maximum Gasteiger partial charge on any atom is 0.0693 e. The summed E-state index contributed by atoms with van der Waals surface area (Å²) in [5.41, 5.74) is 0. The second-order valence-electron chi connectivity index (χ2n) is 3.56. The number of rotatable bonds is 4. The molecule has 0 saturated heterocycles. The second-order valence-corrected chi connectivity index (χ2v) is 4.84. The monoisotopic (exact) mass is 189 g/mol. The fourth-order valence-electron chi connectivity index (χ4n) is 1.58. The van der Waals surface area contributed by atoms with Crippen LogP contribution in [0.4, 0.5) is 0 Å². The maximum absolute atomic E-state index is 9.51. The molecule has 0 aromatic heterocycles. The molecule has 0 radical (unpaired) electrons. The van der Waals surface area contributed by atoms with Crippen molar-refractivity contribution >= 4 is 11.8 Å². The highest BCUT2D eigenvalue weighted by Crippen LogP contribution is 2.19. The van der Waals surface area contributed by atoms with E-state index in [1.807, 2.05) is 11.8 Å². The normalized spacial score (nSPS) is 32.2. The van der Waals surface area contributed by atoms with Gasteiger partial charge in [-0.15, -0.1) is 0 Å². The van der Waals surface area contributed by atoms with Crippen LogP contribution in [0.2, 0.25) is 0 Å². The van der Waals surface area contributed by atoms with Gasteiger partial charge in [-0.2, -0.15) is 11.8 Å². The van der Waals surface area contributed by atoms with Crippen LogP contribution in [-0.2, 0) is 0 Å². The standard InChI is InChI=1S/C9H19NOS/c1-7(12-2)6-10-8-4-3-5-9(8)11/h7-11H,3-6H2,1-2H3. The van der Waals surface area contributed by atoms with Crippen LogP contribution >= 0.6 is 11.8 Å². The minimum absolute atomic E-state index is 0.0981. The maximum atomic E-state index is 9.51. The Morgan fingerprint density at radius 1 is 1.58 bits per heavy atom. The number of hydrogen-bond acceptors (Lipinski definition) is 3. The Bertz CT molecular complexity index is 132. The van der Waals surface area contributed by atoms with E-state index in [4.69, 9.17) is 0 Å². The summed E-state index contributed by atoms with van der Waals surface area (Å²) in [7, 11) is 0. The predicted molar refractivity (Wildman–Crippen MR) is 54.6 cm³/mol. The third kappa shape index (κ3) is 2.96. The van der Waals surface area contributed by atoms with Gasteiger partial charge in [0.25, 0.3) is 0 Å². The van der Waals surface area contributed by atoms with Crippen LogP contribution in [0.1, 0.15) is 26.2 Å². The highest BCUT2D eigenvalue weighted by atomic mass is 32.2. The summed E-state index contributed by atoms with van der Waals surface area (Å²) in [4.78, 5) is 0. The Balaban J connectivity index is 2.13. The van der Waals surface area contributed by atoms with Gasteiger partial charge in [0.1, 0.15) is 0 Å². The van der Waals surface area contributed by atoms with E-state index < -0.39 is 0 Å². The smallest absolute Gasteiger partial charge is 0.0693 e. The lowest BCUT2D eigenvalue weighted by Crippen LogP contribution is -2.38. The first-order valence-corrected chi connectivity index (χ1v) is 5.97. The van der Waals surface area contributed by atoms with Gasteiger partial charge in [0.15, 0.2) is 0 Å². The molecule has 0 heterocycles. The topological polar surface area (TPSA) is 32.3 Å². The Labute approximate surface area is 79.1 Å². The number of thioether (sulfide) groups is 1. The minimum atomic E-state index is -0.0981. The third-order valence-electron chi connectivity index (χ3n) is 2.55. The Morgan fingerprint density at radius 3 is 2.83 bits per heavy atom. The first-order valence-electron chi connectivity index (χ1n) is 4.68. The molecular weight excluding hydrogens is 170 g/mol. The molecule has 3 unspecified atom stereocenters. The van der Waals surface area contributed by atoms with Gasteiger partial charge >= 0.3 is 0 Å². The molecule has 0 amide bonds. The lowest BCUT2D eigenvalue weighted by Gasteiger charge is -2.18. The first-order chi connectivity index (χ1) is 5.74. The number of aliphatic hydroxyl groups is 1. The minimum Gasteiger partial charge on any atom is -0.392 e. The van der Waals surface area contributed by atoms with Crippen LogP contribution in [0.15, 0.2) is 0 Å². The first kappa shape index (κ1) is 10.4. The second kappa shape index (κ2) is 5.10. The average molecular weight is 189 g/mol. The summed E-state index contributed by atoms with van der Waals surface area (Å²) in [6.45, 7) is 3.22. The molecule has 1 rings (SSSR count). The molecule has 12 heavy (non-hydrogen) atoms. The molecule has 1 saturated carbocycles. The van der Waals surface area contributed by atoms with Crippen molar-refractivity contribution in [1.29, 1.82) is 0 Å². The predicted octanol–water partition coefficient (Wildman–Crippen LogP) is 1.24. The molecule has 3 atom stereocenters. The van der Waals surface area contributed by atoms with E-state index in [1.54, 1.807) is 0 Å². The SMILES string of the molecule is CSC(C)CNC1CCCC1O. The average Bonchev–Trinajstić information content (AvgIpc) is 2.47. The number of aliphatic hydroxyl groups excluding tert-OH is 1. The zero-order valence-corrected chi connectivity index (χ0v) is 8.73. The van der Waals surface area contributed by atoms with Gasteiger partial charge in [0.2, 0.25) is 0 Å². The molecule has 1 aliphatic carbocycles. The van der Waals surface area contributed by atoms with Crippen molar-refractivity contribution in [3.63, 3.8) is 0 Å². The highest BCUT2D eigenvalue weighted by Gasteiger charge is 2.24. The molecule has 2 nitrogen and oxygen atoms in total. The van der Waals surface area contributed by atoms with E-state index >= 15 is 0 Å². The van der Waals surface area contributed by atoms with Crippen molar-refractivity contribution < 1.29 is 5.11 Å². The molecule has 2 N–H and O–H groups in total. The molecule has 0 bridgehead atoms. The molecule has 0 spiro atoms. The molecule has 0 aromatic rings. The van der Waals surface area contributed by atoms with E-state index in [1.165, 1.54) is 6.42 Å². The van der Waals surface area contributed by atoms with Gasteiger partial charge in [0.05, 0.1) is 6.10 Å². The van der Waals surface area contributed by atoms with Gasteiger partial charge < -0.3 is 10.4 Å². The molecule has 72 valence electrons. The highest BCUT2D eigenvalue weighted by molar-refractivity contribution is 7.99. The summed E-state index contributed by atoms with van der Waals surface area (Å²) in [5, 5.41) is 13.6. The van der Waals surface area contributed by atoms with Gasteiger partial charge in [-0.05, 0) is 25.5 Å². The molecule has 0 aliphatic heterocycles. The van der Waals surface area contributed by atoms with Crippen LogP contribution in [0.3, 0.4) is 0 Å². The fraction of sp³-hybridized carbons (Fsp3) is 1.00. The summed E-state index contributed by atoms with van der Waals surface area (Å²) < 4.78 is 0. The lowest BCUT2D eigenvalue weighted by atomic mass is 10.2. The summed E-state index contributed by atoms with van der Waals surface area (Å²) >= 11 is 1.87. The molecule has 1 aliphatic rings. The van der Waals surface area contributed by atoms with Crippen molar-refractivity contribution in [2.24, 2.45) is 0 Å². The van der Waals surface area contributed by atoms with Crippen LogP contribution in [0, 0.1) is 0 Å². The largest absolute Gasteiger partial charge is 0.392 e. The van der Waals surface area contributed by atoms with Gasteiger partial charge in [-0.3, -0.25) is 0 Å². The van der Waals surface area contributed by atoms with E-state index in [9.17, 15) is 5.11 Å². The van der Waals surface area contributed by atoms with Gasteiger partial charge in [-0.1, -0.05) is 6.92 Å². The van der Waals surface area contributed by atoms with Crippen molar-refractivity contribution in [2.75, 3.05) is 12.8 Å². The van der Waals surface area contributed by atoms with Crippen molar-refractivity contribution in [2.45, 2.75) is 43.6 Å². The summed E-state index contributed by atoms with van der Waals surface area (Å²) in [6.07, 6.45) is 5.32. The van der Waals surface area contributed by atoms with E-state index in [2.05, 4.69) is 18.5 Å². The fourth-order valence-corrected chi connectivity index (χ4v) is 1.84. The summed E-state index contributed by atoms with van der Waals surface area (Å²) in [5.74, 6) is 0. The van der Waals surface area contributed by atoms with Crippen LogP contribution in [-0.4, -0.2) is 35.3 Å². The molecule has 3 heteroatoms. The zero-order chi connectivity index (χ0) is 8.97. The molecular formula is C9H19NOS. The summed E-state index contributed by atoms with van der Waals surface area (Å²) in [6, 6.07) is 0.361. The van der Waals surface area contributed by atoms with Crippen molar-refractivity contribution in [1.82, 2.24) is 5.32 Å². The Kier molecular flexibility index (Phi) is 4.40. The van der Waals surface area contributed by atoms with Crippen LogP contribution in [0.25, 0.3) is 0 Å². The lowest BCUT2D eigenvalue weighted by molar-refractivity contribution is 0.149. The van der Waals surface area contributed by atoms with E-state index in [0.717, 1.165) is 19.4 Å². The number of hydrogen-bond donors (Lipinski definition) is 2. The quantitative estimate of drug-likeness (QED) is 0.698. The van der Waals surface area contributed by atoms with Crippen molar-refractivity contribution in [3.05, 3.63) is 0 Å². The molecule has 0 aromatic carbocycles. The number of nitrogens with one attached hydrogen (secondary N) is 1.